The van der Waals surface area contributed by atoms with E-state index in [4.69, 9.17) is 23.2 Å². The van der Waals surface area contributed by atoms with Crippen molar-refractivity contribution in [2.75, 3.05) is 5.32 Å². The average Bonchev–Trinajstić information content (AvgIpc) is 2.65. The Morgan fingerprint density at radius 3 is 2.50 bits per heavy atom. The van der Waals surface area contributed by atoms with E-state index < -0.39 is 0 Å². The van der Waals surface area contributed by atoms with E-state index in [1.807, 2.05) is 35.9 Å². The summed E-state index contributed by atoms with van der Waals surface area (Å²) in [6.45, 7) is 5.43. The van der Waals surface area contributed by atoms with Crippen molar-refractivity contribution in [3.8, 4) is 0 Å². The Kier molecular flexibility index (Phi) is 4.15. The number of hydrogen-bond acceptors (Lipinski definition) is 2. The van der Waals surface area contributed by atoms with Crippen LogP contribution in [0.1, 0.15) is 18.3 Å². The fraction of sp³-hybridized carbons (Fsp3) is 0.308. The van der Waals surface area contributed by atoms with Crippen LogP contribution in [-0.2, 0) is 13.1 Å². The predicted molar refractivity (Wildman–Crippen MR) is 76.4 cm³/mol. The van der Waals surface area contributed by atoms with Crippen molar-refractivity contribution in [3.63, 3.8) is 0 Å². The van der Waals surface area contributed by atoms with Gasteiger partial charge in [-0.05, 0) is 38.1 Å². The van der Waals surface area contributed by atoms with E-state index in [0.717, 1.165) is 33.7 Å². The molecule has 1 N–H and O–H groups in total. The van der Waals surface area contributed by atoms with Gasteiger partial charge in [0, 0.05) is 17.3 Å². The second-order valence-electron chi connectivity index (χ2n) is 4.02. The quantitative estimate of drug-likeness (QED) is 0.914. The Labute approximate surface area is 117 Å². The van der Waals surface area contributed by atoms with Crippen molar-refractivity contribution in [2.45, 2.75) is 26.9 Å². The van der Waals surface area contributed by atoms with Crippen LogP contribution in [0, 0.1) is 6.92 Å². The van der Waals surface area contributed by atoms with E-state index in [1.54, 1.807) is 0 Å². The minimum atomic E-state index is 0.648. The maximum absolute atomic E-state index is 6.24. The van der Waals surface area contributed by atoms with Gasteiger partial charge in [0.1, 0.15) is 0 Å². The van der Waals surface area contributed by atoms with Gasteiger partial charge in [0.25, 0.3) is 0 Å². The molecule has 0 saturated carbocycles. The van der Waals surface area contributed by atoms with Gasteiger partial charge in [-0.15, -0.1) is 0 Å². The van der Waals surface area contributed by atoms with Crippen LogP contribution in [-0.4, -0.2) is 9.78 Å². The van der Waals surface area contributed by atoms with Crippen molar-refractivity contribution in [2.24, 2.45) is 0 Å². The largest absolute Gasteiger partial charge is 0.379 e. The first-order valence-electron chi connectivity index (χ1n) is 5.83. The molecule has 0 radical (unpaired) electrons. The summed E-state index contributed by atoms with van der Waals surface area (Å²) >= 11 is 12.1. The molecule has 18 heavy (non-hydrogen) atoms. The summed E-state index contributed by atoms with van der Waals surface area (Å²) in [6.07, 6.45) is 0. The Balaban J connectivity index is 2.12. The van der Waals surface area contributed by atoms with Gasteiger partial charge in [-0.1, -0.05) is 23.2 Å². The van der Waals surface area contributed by atoms with Crippen LogP contribution in [0.15, 0.2) is 24.3 Å². The SMILES string of the molecule is CCn1nc(C)c(Cl)c1CNc1ccc(Cl)cc1. The number of halogens is 2. The van der Waals surface area contributed by atoms with Gasteiger partial charge in [0.05, 0.1) is 23.0 Å². The molecule has 0 fully saturated rings. The molecule has 0 spiro atoms. The molecule has 0 unspecified atom stereocenters. The van der Waals surface area contributed by atoms with E-state index in [0.29, 0.717) is 6.54 Å². The summed E-state index contributed by atoms with van der Waals surface area (Å²) in [6, 6.07) is 7.59. The lowest BCUT2D eigenvalue weighted by Crippen LogP contribution is -2.08. The number of nitrogens with one attached hydrogen (secondary N) is 1. The standard InChI is InChI=1S/C13H15Cl2N3/c1-3-18-12(13(15)9(2)17-18)8-16-11-6-4-10(14)5-7-11/h4-7,16H,3,8H2,1-2H3. The monoisotopic (exact) mass is 283 g/mol. The van der Waals surface area contributed by atoms with Gasteiger partial charge >= 0.3 is 0 Å². The highest BCUT2D eigenvalue weighted by Gasteiger charge is 2.11. The summed E-state index contributed by atoms with van der Waals surface area (Å²) in [5.74, 6) is 0. The molecule has 3 nitrogen and oxygen atoms in total. The van der Waals surface area contributed by atoms with Gasteiger partial charge in [-0.25, -0.2) is 0 Å². The molecule has 0 aliphatic rings. The summed E-state index contributed by atoms with van der Waals surface area (Å²) in [4.78, 5) is 0. The van der Waals surface area contributed by atoms with Crippen LogP contribution >= 0.6 is 23.2 Å². The van der Waals surface area contributed by atoms with E-state index in [-0.39, 0.29) is 0 Å². The molecule has 2 aromatic rings. The van der Waals surface area contributed by atoms with E-state index in [9.17, 15) is 0 Å². The molecule has 1 aromatic heterocycles. The Morgan fingerprint density at radius 1 is 1.22 bits per heavy atom. The number of hydrogen-bond donors (Lipinski definition) is 1. The lowest BCUT2D eigenvalue weighted by Gasteiger charge is -2.08. The summed E-state index contributed by atoms with van der Waals surface area (Å²) in [7, 11) is 0. The Hall–Kier alpha value is -1.19. The molecule has 96 valence electrons. The fourth-order valence-electron chi connectivity index (χ4n) is 1.79. The minimum absolute atomic E-state index is 0.648. The maximum Gasteiger partial charge on any atom is 0.0865 e. The van der Waals surface area contributed by atoms with Crippen LogP contribution in [0.5, 0.6) is 0 Å². The highest BCUT2D eigenvalue weighted by Crippen LogP contribution is 2.22. The zero-order chi connectivity index (χ0) is 13.1. The lowest BCUT2D eigenvalue weighted by atomic mass is 10.3. The average molecular weight is 284 g/mol. The number of nitrogens with zero attached hydrogens (tertiary/aromatic N) is 2. The summed E-state index contributed by atoms with van der Waals surface area (Å²) in [5.41, 5.74) is 2.88. The van der Waals surface area contributed by atoms with E-state index >= 15 is 0 Å². The fourth-order valence-corrected chi connectivity index (χ4v) is 2.12. The highest BCUT2D eigenvalue weighted by atomic mass is 35.5. The molecular weight excluding hydrogens is 269 g/mol. The highest BCUT2D eigenvalue weighted by molar-refractivity contribution is 6.32. The zero-order valence-electron chi connectivity index (χ0n) is 10.4. The molecule has 0 amide bonds. The second-order valence-corrected chi connectivity index (χ2v) is 4.84. The van der Waals surface area contributed by atoms with Gasteiger partial charge in [-0.3, -0.25) is 4.68 Å². The Morgan fingerprint density at radius 2 is 1.89 bits per heavy atom. The van der Waals surface area contributed by atoms with E-state index in [2.05, 4.69) is 17.3 Å². The van der Waals surface area contributed by atoms with Gasteiger partial charge in [-0.2, -0.15) is 5.10 Å². The van der Waals surface area contributed by atoms with Gasteiger partial charge in [0.15, 0.2) is 0 Å². The lowest BCUT2D eigenvalue weighted by molar-refractivity contribution is 0.623. The third-order valence-corrected chi connectivity index (χ3v) is 3.50. The molecule has 0 aliphatic heterocycles. The number of anilines is 1. The minimum Gasteiger partial charge on any atom is -0.379 e. The molecule has 0 saturated heterocycles. The van der Waals surface area contributed by atoms with Crippen molar-refractivity contribution in [1.29, 1.82) is 0 Å². The maximum atomic E-state index is 6.24. The third kappa shape index (κ3) is 2.79. The molecule has 2 rings (SSSR count). The second kappa shape index (κ2) is 5.63. The van der Waals surface area contributed by atoms with Gasteiger partial charge < -0.3 is 5.32 Å². The van der Waals surface area contributed by atoms with Crippen LogP contribution in [0.3, 0.4) is 0 Å². The number of aryl methyl sites for hydroxylation is 2. The topological polar surface area (TPSA) is 29.9 Å². The molecule has 0 bridgehead atoms. The van der Waals surface area contributed by atoms with Crippen molar-refractivity contribution < 1.29 is 0 Å². The predicted octanol–water partition coefficient (Wildman–Crippen LogP) is 4.13. The normalized spacial score (nSPS) is 10.7. The smallest absolute Gasteiger partial charge is 0.0865 e. The molecule has 5 heteroatoms. The van der Waals surface area contributed by atoms with Crippen molar-refractivity contribution >= 4 is 28.9 Å². The first-order chi connectivity index (χ1) is 8.61. The first-order valence-corrected chi connectivity index (χ1v) is 6.58. The van der Waals surface area contributed by atoms with Crippen molar-refractivity contribution in [1.82, 2.24) is 9.78 Å². The van der Waals surface area contributed by atoms with Crippen molar-refractivity contribution in [3.05, 3.63) is 45.7 Å². The molecule has 1 aromatic carbocycles. The number of aromatic nitrogens is 2. The first kappa shape index (κ1) is 13.2. The van der Waals surface area contributed by atoms with Crippen LogP contribution in [0.25, 0.3) is 0 Å². The molecule has 0 atom stereocenters. The molecular formula is C13H15Cl2N3. The van der Waals surface area contributed by atoms with Crippen LogP contribution in [0.2, 0.25) is 10.0 Å². The summed E-state index contributed by atoms with van der Waals surface area (Å²) in [5, 5.41) is 9.16. The van der Waals surface area contributed by atoms with Crippen LogP contribution in [0.4, 0.5) is 5.69 Å². The van der Waals surface area contributed by atoms with E-state index in [1.165, 1.54) is 0 Å². The molecule has 0 aliphatic carbocycles. The Bertz CT molecular complexity index is 532. The zero-order valence-corrected chi connectivity index (χ0v) is 11.9. The third-order valence-electron chi connectivity index (χ3n) is 2.76. The number of rotatable bonds is 4. The molecule has 1 heterocycles. The number of benzene rings is 1. The summed E-state index contributed by atoms with van der Waals surface area (Å²) < 4.78 is 1.92. The van der Waals surface area contributed by atoms with Gasteiger partial charge in [0.2, 0.25) is 0 Å². The van der Waals surface area contributed by atoms with Crippen LogP contribution < -0.4 is 5.32 Å².